The van der Waals surface area contributed by atoms with Gasteiger partial charge in [-0.1, -0.05) is 39.7 Å². The molecule has 0 spiro atoms. The Labute approximate surface area is 131 Å². The molecule has 0 saturated heterocycles. The molecule has 0 radical (unpaired) electrons. The summed E-state index contributed by atoms with van der Waals surface area (Å²) < 4.78 is 14.2. The fourth-order valence-electron chi connectivity index (χ4n) is 2.59. The molecule has 0 aliphatic heterocycles. The average molecular weight is 355 g/mol. The Morgan fingerprint density at radius 3 is 2.65 bits per heavy atom. The molecule has 3 rings (SSSR count). The summed E-state index contributed by atoms with van der Waals surface area (Å²) in [5.74, 6) is 0.221. The summed E-state index contributed by atoms with van der Waals surface area (Å²) in [7, 11) is 0. The number of nitrogens with one attached hydrogen (secondary N) is 1. The first-order chi connectivity index (χ1) is 9.61. The monoisotopic (exact) mass is 353 g/mol. The second-order valence-electron chi connectivity index (χ2n) is 5.19. The zero-order valence-corrected chi connectivity index (χ0v) is 13.1. The number of anilines is 1. The summed E-state index contributed by atoms with van der Waals surface area (Å²) in [6.45, 7) is 0. The van der Waals surface area contributed by atoms with E-state index in [2.05, 4.69) is 39.4 Å². The van der Waals surface area contributed by atoms with E-state index in [0.717, 1.165) is 23.0 Å². The van der Waals surface area contributed by atoms with Crippen molar-refractivity contribution >= 4 is 33.2 Å². The largest absolute Gasteiger partial charge is 0.382 e. The fourth-order valence-corrected chi connectivity index (χ4v) is 3.19. The van der Waals surface area contributed by atoms with Gasteiger partial charge < -0.3 is 5.32 Å². The van der Waals surface area contributed by atoms with E-state index in [1.807, 2.05) is 6.07 Å². The number of hydrogen-bond donors (Lipinski definition) is 1. The van der Waals surface area contributed by atoms with Crippen LogP contribution in [0.15, 0.2) is 46.9 Å². The van der Waals surface area contributed by atoms with E-state index in [4.69, 9.17) is 11.6 Å². The van der Waals surface area contributed by atoms with Gasteiger partial charge in [-0.3, -0.25) is 0 Å². The maximum Gasteiger partial charge on any atom is 0.141 e. The molecule has 1 nitrogen and oxygen atoms in total. The Morgan fingerprint density at radius 1 is 1.15 bits per heavy atom. The van der Waals surface area contributed by atoms with E-state index in [9.17, 15) is 4.39 Å². The summed E-state index contributed by atoms with van der Waals surface area (Å²) in [5.41, 5.74) is 2.25. The van der Waals surface area contributed by atoms with Crippen LogP contribution in [0.25, 0.3) is 0 Å². The standard InChI is InChI=1S/C16H14BrClFN/c17-12-3-1-2-10(6-12)11-7-14(8-11)20-13-4-5-16(19)15(18)9-13/h1-6,9,11,14,20H,7-8H2. The normalized spacial score (nSPS) is 21.4. The predicted molar refractivity (Wildman–Crippen MR) is 84.9 cm³/mol. The van der Waals surface area contributed by atoms with Crippen LogP contribution in [0.3, 0.4) is 0 Å². The highest BCUT2D eigenvalue weighted by Crippen LogP contribution is 2.39. The average Bonchev–Trinajstić information content (AvgIpc) is 2.37. The van der Waals surface area contributed by atoms with Crippen LogP contribution < -0.4 is 5.32 Å². The van der Waals surface area contributed by atoms with Crippen LogP contribution in [0, 0.1) is 5.82 Å². The third-order valence-electron chi connectivity index (χ3n) is 3.75. The van der Waals surface area contributed by atoms with E-state index in [0.29, 0.717) is 12.0 Å². The lowest BCUT2D eigenvalue weighted by Crippen LogP contribution is -2.33. The van der Waals surface area contributed by atoms with Crippen molar-refractivity contribution in [2.45, 2.75) is 24.8 Å². The Balaban J connectivity index is 1.59. The third kappa shape index (κ3) is 2.99. The number of rotatable bonds is 3. The molecule has 1 aliphatic carbocycles. The van der Waals surface area contributed by atoms with Gasteiger partial charge in [-0.25, -0.2) is 4.39 Å². The molecule has 4 heteroatoms. The van der Waals surface area contributed by atoms with Crippen LogP contribution in [0.5, 0.6) is 0 Å². The van der Waals surface area contributed by atoms with Crippen LogP contribution in [-0.4, -0.2) is 6.04 Å². The maximum absolute atomic E-state index is 13.1. The molecule has 0 amide bonds. The van der Waals surface area contributed by atoms with Crippen LogP contribution in [0.4, 0.5) is 10.1 Å². The summed E-state index contributed by atoms with van der Waals surface area (Å²) in [4.78, 5) is 0. The van der Waals surface area contributed by atoms with E-state index < -0.39 is 0 Å². The highest BCUT2D eigenvalue weighted by Gasteiger charge is 2.30. The van der Waals surface area contributed by atoms with Gasteiger partial charge in [-0.05, 0) is 54.7 Å². The molecule has 1 saturated carbocycles. The molecule has 0 aromatic heterocycles. The van der Waals surface area contributed by atoms with Crippen molar-refractivity contribution in [3.63, 3.8) is 0 Å². The molecule has 0 atom stereocenters. The van der Waals surface area contributed by atoms with Gasteiger partial charge in [0, 0.05) is 16.2 Å². The van der Waals surface area contributed by atoms with Crippen LogP contribution in [0.2, 0.25) is 5.02 Å². The topological polar surface area (TPSA) is 12.0 Å². The summed E-state index contributed by atoms with van der Waals surface area (Å²) in [6.07, 6.45) is 2.18. The van der Waals surface area contributed by atoms with Gasteiger partial charge in [0.05, 0.1) is 5.02 Å². The highest BCUT2D eigenvalue weighted by atomic mass is 79.9. The summed E-state index contributed by atoms with van der Waals surface area (Å²) in [5, 5.41) is 3.56. The number of halogens is 3. The Morgan fingerprint density at radius 2 is 1.95 bits per heavy atom. The Bertz CT molecular complexity index is 626. The minimum Gasteiger partial charge on any atom is -0.382 e. The van der Waals surface area contributed by atoms with Gasteiger partial charge >= 0.3 is 0 Å². The second-order valence-corrected chi connectivity index (χ2v) is 6.52. The third-order valence-corrected chi connectivity index (χ3v) is 4.53. The molecule has 20 heavy (non-hydrogen) atoms. The molecule has 0 bridgehead atoms. The van der Waals surface area contributed by atoms with Crippen molar-refractivity contribution in [3.8, 4) is 0 Å². The van der Waals surface area contributed by atoms with Crippen LogP contribution in [-0.2, 0) is 0 Å². The SMILES string of the molecule is Fc1ccc(NC2CC(c3cccc(Br)c3)C2)cc1Cl. The lowest BCUT2D eigenvalue weighted by molar-refractivity contribution is 0.374. The molecule has 0 unspecified atom stereocenters. The fraction of sp³-hybridized carbons (Fsp3) is 0.250. The first-order valence-corrected chi connectivity index (χ1v) is 7.76. The molecule has 1 fully saturated rings. The lowest BCUT2D eigenvalue weighted by Gasteiger charge is -2.37. The van der Waals surface area contributed by atoms with Gasteiger partial charge in [0.1, 0.15) is 5.82 Å². The molecule has 1 N–H and O–H groups in total. The van der Waals surface area contributed by atoms with E-state index in [-0.39, 0.29) is 10.8 Å². The summed E-state index contributed by atoms with van der Waals surface area (Å²) in [6, 6.07) is 13.7. The van der Waals surface area contributed by atoms with E-state index in [1.165, 1.54) is 11.6 Å². The van der Waals surface area contributed by atoms with Gasteiger partial charge in [0.25, 0.3) is 0 Å². The molecule has 104 valence electrons. The van der Waals surface area contributed by atoms with Crippen molar-refractivity contribution < 1.29 is 4.39 Å². The molecule has 0 heterocycles. The Hall–Kier alpha value is -1.06. The zero-order chi connectivity index (χ0) is 14.1. The minimum absolute atomic E-state index is 0.165. The quantitative estimate of drug-likeness (QED) is 0.756. The molecule has 1 aliphatic rings. The van der Waals surface area contributed by atoms with Crippen LogP contribution in [0.1, 0.15) is 24.3 Å². The number of benzene rings is 2. The predicted octanol–water partition coefficient (Wildman–Crippen LogP) is 5.60. The van der Waals surface area contributed by atoms with E-state index in [1.54, 1.807) is 12.1 Å². The molecular formula is C16H14BrClFN. The van der Waals surface area contributed by atoms with Crippen molar-refractivity contribution in [2.24, 2.45) is 0 Å². The summed E-state index contributed by atoms with van der Waals surface area (Å²) >= 11 is 9.28. The van der Waals surface area contributed by atoms with Gasteiger partial charge in [0.2, 0.25) is 0 Å². The molecule has 2 aromatic rings. The zero-order valence-electron chi connectivity index (χ0n) is 10.7. The maximum atomic E-state index is 13.1. The molecule has 2 aromatic carbocycles. The highest BCUT2D eigenvalue weighted by molar-refractivity contribution is 9.10. The van der Waals surface area contributed by atoms with Gasteiger partial charge in [0.15, 0.2) is 0 Å². The van der Waals surface area contributed by atoms with E-state index >= 15 is 0 Å². The second kappa shape index (κ2) is 5.74. The molecular weight excluding hydrogens is 341 g/mol. The Kier molecular flexibility index (Phi) is 3.99. The first-order valence-electron chi connectivity index (χ1n) is 6.59. The number of hydrogen-bond acceptors (Lipinski definition) is 1. The van der Waals surface area contributed by atoms with Gasteiger partial charge in [-0.15, -0.1) is 0 Å². The first kappa shape index (κ1) is 13.9. The van der Waals surface area contributed by atoms with Crippen molar-refractivity contribution in [1.29, 1.82) is 0 Å². The smallest absolute Gasteiger partial charge is 0.141 e. The van der Waals surface area contributed by atoms with Crippen LogP contribution >= 0.6 is 27.5 Å². The lowest BCUT2D eigenvalue weighted by atomic mass is 9.76. The minimum atomic E-state index is -0.377. The van der Waals surface area contributed by atoms with Crippen molar-refractivity contribution in [1.82, 2.24) is 0 Å². The van der Waals surface area contributed by atoms with Gasteiger partial charge in [-0.2, -0.15) is 0 Å². The van der Waals surface area contributed by atoms with Crippen molar-refractivity contribution in [3.05, 3.63) is 63.3 Å². The van der Waals surface area contributed by atoms with Crippen molar-refractivity contribution in [2.75, 3.05) is 5.32 Å².